The Labute approximate surface area is 105 Å². The van der Waals surface area contributed by atoms with E-state index in [1.54, 1.807) is 0 Å². The van der Waals surface area contributed by atoms with Gasteiger partial charge in [0.15, 0.2) is 0 Å². The van der Waals surface area contributed by atoms with Crippen LogP contribution in [0.25, 0.3) is 11.2 Å². The fourth-order valence-corrected chi connectivity index (χ4v) is 2.69. The first kappa shape index (κ1) is 11.9. The summed E-state index contributed by atoms with van der Waals surface area (Å²) >= 11 is 3.32. The van der Waals surface area contributed by atoms with Gasteiger partial charge in [0, 0.05) is 6.04 Å². The molecule has 0 amide bonds. The summed E-state index contributed by atoms with van der Waals surface area (Å²) < 4.78 is 6.22. The topological polar surface area (TPSA) is 16.4 Å². The number of furan rings is 2. The molecule has 3 heteroatoms. The van der Waals surface area contributed by atoms with E-state index in [2.05, 4.69) is 34.8 Å². The minimum atomic E-state index is 0.898. The summed E-state index contributed by atoms with van der Waals surface area (Å²) in [5, 5.41) is 0. The van der Waals surface area contributed by atoms with E-state index in [0.717, 1.165) is 21.7 Å². The number of nitrogens with zero attached hydrogens (tertiary/aromatic N) is 1. The lowest BCUT2D eigenvalue weighted by Crippen LogP contribution is -2.23. The molecule has 2 aromatic rings. The number of hydrogen-bond acceptors (Lipinski definition) is 2. The van der Waals surface area contributed by atoms with Crippen molar-refractivity contribution in [1.82, 2.24) is 4.90 Å². The third kappa shape index (κ3) is 2.58. The van der Waals surface area contributed by atoms with E-state index < -0.39 is 0 Å². The van der Waals surface area contributed by atoms with E-state index in [4.69, 9.17) is 4.42 Å². The molecule has 0 aliphatic carbocycles. The van der Waals surface area contributed by atoms with Crippen molar-refractivity contribution >= 4 is 27.1 Å². The number of hydrogen-bond donors (Lipinski definition) is 0. The normalized spacial score (nSPS) is 21.3. The van der Waals surface area contributed by atoms with Crippen LogP contribution in [0.5, 0.6) is 0 Å². The lowest BCUT2D eigenvalue weighted by atomic mass is 10.2. The fraction of sp³-hybridized carbons (Fsp3) is 0.538. The van der Waals surface area contributed by atoms with Crippen LogP contribution in [0.1, 0.15) is 26.2 Å². The van der Waals surface area contributed by atoms with Crippen LogP contribution in [0.4, 0.5) is 0 Å². The molecule has 1 atom stereocenters. The van der Waals surface area contributed by atoms with Crippen LogP contribution >= 0.6 is 15.9 Å². The van der Waals surface area contributed by atoms with Gasteiger partial charge in [0.25, 0.3) is 0 Å². The predicted octanol–water partition coefficient (Wildman–Crippen LogP) is 4.12. The smallest absolute Gasteiger partial charge is 0.141 e. The molecule has 16 heavy (non-hydrogen) atoms. The molecule has 0 radical (unpaired) electrons. The highest BCUT2D eigenvalue weighted by molar-refractivity contribution is 9.10. The van der Waals surface area contributed by atoms with Gasteiger partial charge < -0.3 is 9.32 Å². The Balaban J connectivity index is 0.000000120. The minimum absolute atomic E-state index is 0.898. The van der Waals surface area contributed by atoms with Crippen molar-refractivity contribution in [3.8, 4) is 0 Å². The Bertz CT molecular complexity index is 425. The van der Waals surface area contributed by atoms with Crippen molar-refractivity contribution in [2.24, 2.45) is 0 Å². The third-order valence-corrected chi connectivity index (χ3v) is 3.89. The lowest BCUT2D eigenvalue weighted by Gasteiger charge is -2.16. The molecule has 1 aliphatic heterocycles. The second kappa shape index (κ2) is 5.19. The van der Waals surface area contributed by atoms with Crippen LogP contribution in [-0.4, -0.2) is 24.5 Å². The van der Waals surface area contributed by atoms with E-state index in [0.29, 0.717) is 0 Å². The molecule has 0 N–H and O–H groups in total. The summed E-state index contributed by atoms with van der Waals surface area (Å²) in [5.74, 6) is 0. The number of rotatable bonds is 1. The Morgan fingerprint density at radius 1 is 1.50 bits per heavy atom. The van der Waals surface area contributed by atoms with Crippen LogP contribution in [0.2, 0.25) is 0 Å². The van der Waals surface area contributed by atoms with Crippen molar-refractivity contribution < 1.29 is 4.42 Å². The lowest BCUT2D eigenvalue weighted by molar-refractivity contribution is 0.304. The Hall–Kier alpha value is -0.540. The van der Waals surface area contributed by atoms with Gasteiger partial charge in [-0.15, -0.1) is 0 Å². The standard InChI is InChI=1S/C7H15N.C6H3BrO/c1-3-7-5-4-6-8(7)2;7-5-3-4-1-2-6(5)8-4/h7H,3-6H2,1-2H3;1-3H. The average Bonchev–Trinajstić information content (AvgIpc) is 2.94. The summed E-state index contributed by atoms with van der Waals surface area (Å²) in [6.07, 6.45) is 4.17. The van der Waals surface area contributed by atoms with Gasteiger partial charge in [0.1, 0.15) is 11.2 Å². The van der Waals surface area contributed by atoms with E-state index >= 15 is 0 Å². The van der Waals surface area contributed by atoms with Gasteiger partial charge in [-0.2, -0.15) is 0 Å². The van der Waals surface area contributed by atoms with E-state index in [-0.39, 0.29) is 0 Å². The molecule has 2 aromatic heterocycles. The van der Waals surface area contributed by atoms with Gasteiger partial charge >= 0.3 is 0 Å². The van der Waals surface area contributed by atoms with Crippen molar-refractivity contribution in [3.05, 3.63) is 22.7 Å². The Kier molecular flexibility index (Phi) is 3.87. The SMILES string of the molecule is Brc1cc2ccc1o2.CCC1CCCN1C. The molecule has 3 heterocycles. The van der Waals surface area contributed by atoms with Crippen LogP contribution in [0.3, 0.4) is 0 Å². The summed E-state index contributed by atoms with van der Waals surface area (Å²) in [6, 6.07) is 6.74. The van der Waals surface area contributed by atoms with E-state index in [9.17, 15) is 0 Å². The molecule has 1 saturated heterocycles. The molecule has 0 spiro atoms. The Morgan fingerprint density at radius 2 is 2.31 bits per heavy atom. The van der Waals surface area contributed by atoms with Gasteiger partial charge in [0.05, 0.1) is 4.47 Å². The van der Waals surface area contributed by atoms with Crippen LogP contribution < -0.4 is 0 Å². The third-order valence-electron chi connectivity index (χ3n) is 3.27. The highest BCUT2D eigenvalue weighted by Crippen LogP contribution is 2.26. The van der Waals surface area contributed by atoms with Gasteiger partial charge in [-0.05, 0) is 67.0 Å². The second-order valence-corrected chi connectivity index (χ2v) is 5.23. The highest BCUT2D eigenvalue weighted by atomic mass is 79.9. The summed E-state index contributed by atoms with van der Waals surface area (Å²) in [4.78, 5) is 2.46. The zero-order chi connectivity index (χ0) is 11.5. The molecular formula is C13H18BrNO. The van der Waals surface area contributed by atoms with Gasteiger partial charge in [0.2, 0.25) is 0 Å². The van der Waals surface area contributed by atoms with Crippen molar-refractivity contribution in [2.45, 2.75) is 32.2 Å². The Morgan fingerprint density at radius 3 is 2.56 bits per heavy atom. The minimum Gasteiger partial charge on any atom is -0.456 e. The van der Waals surface area contributed by atoms with Crippen molar-refractivity contribution in [3.63, 3.8) is 0 Å². The molecule has 0 saturated carbocycles. The molecule has 0 aromatic carbocycles. The first-order valence-electron chi connectivity index (χ1n) is 5.88. The van der Waals surface area contributed by atoms with Crippen LogP contribution in [0, 0.1) is 0 Å². The van der Waals surface area contributed by atoms with E-state index in [1.807, 2.05) is 18.2 Å². The van der Waals surface area contributed by atoms with Crippen LogP contribution in [-0.2, 0) is 0 Å². The zero-order valence-electron chi connectivity index (χ0n) is 9.87. The fourth-order valence-electron chi connectivity index (χ4n) is 2.25. The maximum Gasteiger partial charge on any atom is 0.141 e. The molecule has 2 bridgehead atoms. The maximum absolute atomic E-state index is 5.17. The van der Waals surface area contributed by atoms with Crippen molar-refractivity contribution in [2.75, 3.05) is 13.6 Å². The molecular weight excluding hydrogens is 266 g/mol. The zero-order valence-corrected chi connectivity index (χ0v) is 11.5. The quantitative estimate of drug-likeness (QED) is 0.783. The molecule has 1 unspecified atom stereocenters. The van der Waals surface area contributed by atoms with Gasteiger partial charge in [-0.25, -0.2) is 0 Å². The summed E-state index contributed by atoms with van der Waals surface area (Å²) in [7, 11) is 2.22. The van der Waals surface area contributed by atoms with Crippen LogP contribution in [0.15, 0.2) is 27.1 Å². The first-order valence-corrected chi connectivity index (χ1v) is 6.67. The first-order chi connectivity index (χ1) is 7.70. The molecule has 88 valence electrons. The molecule has 1 fully saturated rings. The summed E-state index contributed by atoms with van der Waals surface area (Å²) in [5.41, 5.74) is 1.87. The molecule has 1 aliphatic rings. The number of halogens is 1. The molecule has 2 nitrogen and oxygen atoms in total. The van der Waals surface area contributed by atoms with E-state index in [1.165, 1.54) is 25.8 Å². The highest BCUT2D eigenvalue weighted by Gasteiger charge is 2.17. The number of likely N-dealkylation sites (tertiary alicyclic amines) is 1. The monoisotopic (exact) mass is 283 g/mol. The van der Waals surface area contributed by atoms with Gasteiger partial charge in [-0.3, -0.25) is 0 Å². The van der Waals surface area contributed by atoms with Gasteiger partial charge in [-0.1, -0.05) is 6.92 Å². The second-order valence-electron chi connectivity index (χ2n) is 4.38. The number of fused-ring (bicyclic) bond motifs is 2. The number of benzene rings is 1. The molecule has 3 rings (SSSR count). The predicted molar refractivity (Wildman–Crippen MR) is 71.0 cm³/mol. The largest absolute Gasteiger partial charge is 0.456 e. The summed E-state index contributed by atoms with van der Waals surface area (Å²) in [6.45, 7) is 3.59. The maximum atomic E-state index is 5.17. The average molecular weight is 284 g/mol. The van der Waals surface area contributed by atoms with Crippen molar-refractivity contribution in [1.29, 1.82) is 0 Å².